The fourth-order valence-corrected chi connectivity index (χ4v) is 5.67. The number of hydrogen-bond acceptors (Lipinski definition) is 8. The fraction of sp³-hybridized carbons (Fsp3) is 0.389. The molecule has 0 bridgehead atoms. The van der Waals surface area contributed by atoms with Crippen molar-refractivity contribution in [2.45, 2.75) is 19.9 Å². The Morgan fingerprint density at radius 1 is 1.21 bits per heavy atom. The van der Waals surface area contributed by atoms with Crippen molar-refractivity contribution in [1.29, 1.82) is 0 Å². The first-order valence-electron chi connectivity index (χ1n) is 9.82. The van der Waals surface area contributed by atoms with Gasteiger partial charge < -0.3 is 34.4 Å². The van der Waals surface area contributed by atoms with Gasteiger partial charge in [0.05, 0.1) is 19.0 Å². The summed E-state index contributed by atoms with van der Waals surface area (Å²) < 4.78 is 29.8. The summed E-state index contributed by atoms with van der Waals surface area (Å²) in [5.41, 5.74) is 1.76. The van der Waals surface area contributed by atoms with Gasteiger partial charge in [0.1, 0.15) is 0 Å². The van der Waals surface area contributed by atoms with Gasteiger partial charge >= 0.3 is 15.2 Å². The normalized spacial score (nSPS) is 14.9. The zero-order chi connectivity index (χ0) is 24.4. The van der Waals surface area contributed by atoms with E-state index in [0.717, 1.165) is 0 Å². The first-order valence-corrected chi connectivity index (χ1v) is 13.8. The molecule has 0 spiro atoms. The van der Waals surface area contributed by atoms with Crippen LogP contribution in [-0.4, -0.2) is 52.8 Å². The number of benzene rings is 1. The quantitative estimate of drug-likeness (QED) is 0.248. The van der Waals surface area contributed by atoms with Gasteiger partial charge in [-0.2, -0.15) is 9.97 Å². The molecule has 0 aliphatic rings. The van der Waals surface area contributed by atoms with Gasteiger partial charge in [-0.25, -0.2) is 4.98 Å². The zero-order valence-corrected chi connectivity index (χ0v) is 20.6. The minimum Gasteiger partial charge on any atom is -0.349 e. The Balaban J connectivity index is 1.86. The average Bonchev–Trinajstić information content (AvgIpc) is 3.04. The van der Waals surface area contributed by atoms with E-state index in [2.05, 4.69) is 25.6 Å². The first-order chi connectivity index (χ1) is 15.3. The number of rotatable bonds is 10. The van der Waals surface area contributed by atoms with Crippen LogP contribution in [0.2, 0.25) is 5.02 Å². The predicted octanol–water partition coefficient (Wildman–Crippen LogP) is 3.53. The number of fused-ring (bicyclic) bond motifs is 1. The summed E-state index contributed by atoms with van der Waals surface area (Å²) in [5.74, 6) is -0.727. The van der Waals surface area contributed by atoms with Gasteiger partial charge in [0.15, 0.2) is 22.9 Å². The first kappa shape index (κ1) is 25.6. The Kier molecular flexibility index (Phi) is 7.80. The van der Waals surface area contributed by atoms with E-state index in [0.29, 0.717) is 27.7 Å². The Hall–Kier alpha value is -2.04. The van der Waals surface area contributed by atoms with Crippen molar-refractivity contribution in [3.05, 3.63) is 35.6 Å². The Morgan fingerprint density at radius 2 is 1.94 bits per heavy atom. The van der Waals surface area contributed by atoms with Crippen LogP contribution in [0.4, 0.5) is 17.5 Å². The molecule has 0 saturated carbocycles. The van der Waals surface area contributed by atoms with Crippen LogP contribution in [0.25, 0.3) is 11.2 Å². The SMILES string of the molecule is CC(C)C(COP(=O)(O)CP(=O)(O)O)Nc1nc(Nc2cccc(Cl)c2)c2ncn(C)c2n1. The molecule has 2 heterocycles. The summed E-state index contributed by atoms with van der Waals surface area (Å²) in [4.78, 5) is 41.1. The molecule has 2 atom stereocenters. The Bertz CT molecular complexity index is 1230. The second kappa shape index (κ2) is 10.1. The van der Waals surface area contributed by atoms with Crippen molar-refractivity contribution < 1.29 is 28.3 Å². The lowest BCUT2D eigenvalue weighted by molar-refractivity contribution is 0.232. The second-order valence-electron chi connectivity index (χ2n) is 7.79. The number of anilines is 3. The highest BCUT2D eigenvalue weighted by Gasteiger charge is 2.32. The average molecular weight is 519 g/mol. The summed E-state index contributed by atoms with van der Waals surface area (Å²) >= 11 is 6.07. The van der Waals surface area contributed by atoms with Crippen LogP contribution in [-0.2, 0) is 20.7 Å². The van der Waals surface area contributed by atoms with Gasteiger partial charge in [-0.05, 0) is 24.1 Å². The number of hydrogen-bond donors (Lipinski definition) is 5. The maximum atomic E-state index is 12.0. The molecule has 5 N–H and O–H groups in total. The molecule has 3 rings (SSSR count). The highest BCUT2D eigenvalue weighted by atomic mass is 35.5. The third-order valence-electron chi connectivity index (χ3n) is 4.59. The summed E-state index contributed by atoms with van der Waals surface area (Å²) in [6.07, 6.45) is 1.60. The molecular weight excluding hydrogens is 494 g/mol. The summed E-state index contributed by atoms with van der Waals surface area (Å²) in [7, 11) is -7.43. The summed E-state index contributed by atoms with van der Waals surface area (Å²) in [6.45, 7) is 3.40. The van der Waals surface area contributed by atoms with Crippen molar-refractivity contribution in [2.75, 3.05) is 23.1 Å². The van der Waals surface area contributed by atoms with Crippen molar-refractivity contribution in [2.24, 2.45) is 13.0 Å². The lowest BCUT2D eigenvalue weighted by Crippen LogP contribution is -2.31. The smallest absolute Gasteiger partial charge is 0.340 e. The van der Waals surface area contributed by atoms with Gasteiger partial charge in [-0.3, -0.25) is 9.13 Å². The predicted molar refractivity (Wildman–Crippen MR) is 126 cm³/mol. The molecule has 0 radical (unpaired) electrons. The van der Waals surface area contributed by atoms with Crippen molar-refractivity contribution in [1.82, 2.24) is 19.5 Å². The highest BCUT2D eigenvalue weighted by Crippen LogP contribution is 2.55. The van der Waals surface area contributed by atoms with Crippen LogP contribution < -0.4 is 10.6 Å². The molecule has 1 aromatic carbocycles. The Labute approximate surface area is 195 Å². The number of aryl methyl sites for hydroxylation is 1. The lowest BCUT2D eigenvalue weighted by atomic mass is 10.1. The summed E-state index contributed by atoms with van der Waals surface area (Å²) in [6, 6.07) is 6.55. The third kappa shape index (κ3) is 7.22. The standard InChI is InChI=1S/C18H25ClN6O6P2/c1-11(2)14(8-31-33(29,30)10-32(26,27)28)22-18-23-16(15-17(24-18)25(3)9-20-15)21-13-6-4-5-12(19)7-13/h4-7,9,11,14H,8,10H2,1-3H3,(H,29,30)(H2,26,27,28)(H2,21,22,23,24). The maximum absolute atomic E-state index is 12.0. The topological polar surface area (TPSA) is 172 Å². The Morgan fingerprint density at radius 3 is 2.58 bits per heavy atom. The van der Waals surface area contributed by atoms with Crippen molar-refractivity contribution in [3.63, 3.8) is 0 Å². The minimum absolute atomic E-state index is 0.102. The molecule has 0 aliphatic heterocycles. The van der Waals surface area contributed by atoms with Crippen LogP contribution in [0.3, 0.4) is 0 Å². The van der Waals surface area contributed by atoms with Crippen molar-refractivity contribution in [3.8, 4) is 0 Å². The number of nitrogens with zero attached hydrogens (tertiary/aromatic N) is 4. The van der Waals surface area contributed by atoms with Crippen LogP contribution in [0.5, 0.6) is 0 Å². The summed E-state index contributed by atoms with van der Waals surface area (Å²) in [5, 5.41) is 6.80. The van der Waals surface area contributed by atoms with Gasteiger partial charge in [-0.15, -0.1) is 0 Å². The van der Waals surface area contributed by atoms with Gasteiger partial charge in [0, 0.05) is 17.8 Å². The number of nitrogens with one attached hydrogen (secondary N) is 2. The lowest BCUT2D eigenvalue weighted by Gasteiger charge is -2.24. The molecule has 2 unspecified atom stereocenters. The van der Waals surface area contributed by atoms with E-state index in [-0.39, 0.29) is 18.5 Å². The van der Waals surface area contributed by atoms with Gasteiger partial charge in [-0.1, -0.05) is 31.5 Å². The van der Waals surface area contributed by atoms with Crippen LogP contribution in [0.15, 0.2) is 30.6 Å². The van der Waals surface area contributed by atoms with Gasteiger partial charge in [0.25, 0.3) is 0 Å². The minimum atomic E-state index is -4.72. The van der Waals surface area contributed by atoms with E-state index in [1.54, 1.807) is 36.1 Å². The van der Waals surface area contributed by atoms with Crippen LogP contribution >= 0.6 is 26.8 Å². The van der Waals surface area contributed by atoms with E-state index >= 15 is 0 Å². The fourth-order valence-electron chi connectivity index (χ4n) is 2.90. The molecule has 3 aromatic rings. The highest BCUT2D eigenvalue weighted by molar-refractivity contribution is 7.70. The monoisotopic (exact) mass is 518 g/mol. The molecule has 0 amide bonds. The van der Waals surface area contributed by atoms with E-state index in [1.165, 1.54) is 0 Å². The largest absolute Gasteiger partial charge is 0.349 e. The van der Waals surface area contributed by atoms with E-state index in [4.69, 9.17) is 25.9 Å². The van der Waals surface area contributed by atoms with E-state index in [1.807, 2.05) is 19.9 Å². The molecule has 15 heteroatoms. The molecule has 180 valence electrons. The number of imidazole rings is 1. The van der Waals surface area contributed by atoms with E-state index < -0.39 is 27.1 Å². The van der Waals surface area contributed by atoms with E-state index in [9.17, 15) is 14.0 Å². The number of halogens is 1. The number of aromatic nitrogens is 4. The second-order valence-corrected chi connectivity index (χ2v) is 12.2. The van der Waals surface area contributed by atoms with Gasteiger partial charge in [0.2, 0.25) is 5.95 Å². The van der Waals surface area contributed by atoms with Crippen LogP contribution in [0.1, 0.15) is 13.8 Å². The molecule has 0 fully saturated rings. The van der Waals surface area contributed by atoms with Crippen molar-refractivity contribution >= 4 is 55.4 Å². The van der Waals surface area contributed by atoms with Crippen LogP contribution in [0, 0.1) is 5.92 Å². The molecule has 2 aromatic heterocycles. The molecular formula is C18H25ClN6O6P2. The third-order valence-corrected chi connectivity index (χ3v) is 8.28. The molecule has 33 heavy (non-hydrogen) atoms. The molecule has 0 aliphatic carbocycles. The maximum Gasteiger partial charge on any atom is 0.340 e. The molecule has 12 nitrogen and oxygen atoms in total. The zero-order valence-electron chi connectivity index (χ0n) is 18.1. The molecule has 0 saturated heterocycles.